The first-order valence-electron chi connectivity index (χ1n) is 6.62. The van der Waals surface area contributed by atoms with Gasteiger partial charge in [0.05, 0.1) is 5.92 Å². The van der Waals surface area contributed by atoms with E-state index in [0.717, 1.165) is 12.8 Å². The topological polar surface area (TPSA) is 37.3 Å². The monoisotopic (exact) mass is 228 g/mol. The van der Waals surface area contributed by atoms with Crippen molar-refractivity contribution in [1.29, 1.82) is 0 Å². The van der Waals surface area contributed by atoms with Gasteiger partial charge in [0.25, 0.3) is 0 Å². The second-order valence-corrected chi connectivity index (χ2v) is 5.81. The Kier molecular flexibility index (Phi) is 7.44. The molecule has 1 unspecified atom stereocenters. The molecule has 2 heteroatoms. The Morgan fingerprint density at radius 1 is 1.06 bits per heavy atom. The van der Waals surface area contributed by atoms with E-state index in [0.29, 0.717) is 0 Å². The van der Waals surface area contributed by atoms with Crippen LogP contribution in [-0.2, 0) is 4.79 Å². The molecule has 16 heavy (non-hydrogen) atoms. The molecule has 0 aromatic carbocycles. The Morgan fingerprint density at radius 3 is 2.00 bits per heavy atom. The lowest BCUT2D eigenvalue weighted by Crippen LogP contribution is -2.28. The second kappa shape index (κ2) is 7.70. The molecule has 0 aliphatic rings. The van der Waals surface area contributed by atoms with E-state index in [9.17, 15) is 4.79 Å². The fraction of sp³-hybridized carbons (Fsp3) is 0.929. The van der Waals surface area contributed by atoms with Crippen LogP contribution < -0.4 is 0 Å². The summed E-state index contributed by atoms with van der Waals surface area (Å²) in [4.78, 5) is 11.1. The summed E-state index contributed by atoms with van der Waals surface area (Å²) in [5.41, 5.74) is -0.116. The number of carbonyl (C=O) groups is 1. The van der Waals surface area contributed by atoms with Crippen LogP contribution in [0.2, 0.25) is 0 Å². The van der Waals surface area contributed by atoms with Crippen molar-refractivity contribution in [2.24, 2.45) is 11.3 Å². The van der Waals surface area contributed by atoms with E-state index < -0.39 is 5.97 Å². The maximum atomic E-state index is 11.1. The Morgan fingerprint density at radius 2 is 1.56 bits per heavy atom. The van der Waals surface area contributed by atoms with E-state index >= 15 is 0 Å². The predicted molar refractivity (Wildman–Crippen MR) is 68.6 cm³/mol. The smallest absolute Gasteiger partial charge is 0.307 e. The molecular weight excluding hydrogens is 200 g/mol. The van der Waals surface area contributed by atoms with Crippen LogP contribution in [0.25, 0.3) is 0 Å². The number of unbranched alkanes of at least 4 members (excludes halogenated alkanes) is 5. The van der Waals surface area contributed by atoms with Crippen molar-refractivity contribution in [3.63, 3.8) is 0 Å². The normalized spacial score (nSPS) is 13.8. The van der Waals surface area contributed by atoms with Crippen LogP contribution in [0.3, 0.4) is 0 Å². The third-order valence-electron chi connectivity index (χ3n) is 3.19. The molecule has 0 bridgehead atoms. The molecule has 0 heterocycles. The lowest BCUT2D eigenvalue weighted by atomic mass is 9.78. The summed E-state index contributed by atoms with van der Waals surface area (Å²) < 4.78 is 0. The maximum Gasteiger partial charge on any atom is 0.307 e. The molecule has 0 saturated heterocycles. The van der Waals surface area contributed by atoms with E-state index in [-0.39, 0.29) is 11.3 Å². The third kappa shape index (κ3) is 6.86. The summed E-state index contributed by atoms with van der Waals surface area (Å²) >= 11 is 0. The van der Waals surface area contributed by atoms with Crippen molar-refractivity contribution in [1.82, 2.24) is 0 Å². The van der Waals surface area contributed by atoms with Gasteiger partial charge in [0.15, 0.2) is 0 Å². The first kappa shape index (κ1) is 15.5. The van der Waals surface area contributed by atoms with Gasteiger partial charge in [0.1, 0.15) is 0 Å². The fourth-order valence-corrected chi connectivity index (χ4v) is 2.06. The van der Waals surface area contributed by atoms with Crippen LogP contribution in [0.15, 0.2) is 0 Å². The van der Waals surface area contributed by atoms with E-state index in [2.05, 4.69) is 6.92 Å². The molecule has 0 rings (SSSR count). The molecule has 0 aliphatic carbocycles. The Bertz CT molecular complexity index is 191. The molecule has 1 atom stereocenters. The van der Waals surface area contributed by atoms with Gasteiger partial charge >= 0.3 is 5.97 Å². The van der Waals surface area contributed by atoms with Crippen molar-refractivity contribution >= 4 is 5.97 Å². The zero-order valence-corrected chi connectivity index (χ0v) is 11.4. The van der Waals surface area contributed by atoms with Gasteiger partial charge in [-0.1, -0.05) is 66.2 Å². The van der Waals surface area contributed by atoms with Crippen molar-refractivity contribution in [3.05, 3.63) is 0 Å². The molecule has 0 aromatic rings. The highest BCUT2D eigenvalue weighted by atomic mass is 16.4. The van der Waals surface area contributed by atoms with Gasteiger partial charge in [-0.3, -0.25) is 4.79 Å². The van der Waals surface area contributed by atoms with Gasteiger partial charge in [-0.2, -0.15) is 0 Å². The average molecular weight is 228 g/mol. The van der Waals surface area contributed by atoms with Crippen molar-refractivity contribution in [2.45, 2.75) is 72.6 Å². The summed E-state index contributed by atoms with van der Waals surface area (Å²) in [5.74, 6) is -0.834. The lowest BCUT2D eigenvalue weighted by Gasteiger charge is -2.26. The molecule has 0 radical (unpaired) electrons. The highest BCUT2D eigenvalue weighted by Crippen LogP contribution is 2.30. The summed E-state index contributed by atoms with van der Waals surface area (Å²) in [7, 11) is 0. The standard InChI is InChI=1S/C14H28O2/c1-5-6-7-8-9-10-11-12(13(15)16)14(2,3)4/h12H,5-11H2,1-4H3,(H,15,16). The zero-order valence-electron chi connectivity index (χ0n) is 11.4. The van der Waals surface area contributed by atoms with Crippen LogP contribution >= 0.6 is 0 Å². The second-order valence-electron chi connectivity index (χ2n) is 5.81. The summed E-state index contributed by atoms with van der Waals surface area (Å²) in [5, 5.41) is 9.15. The van der Waals surface area contributed by atoms with E-state index in [4.69, 9.17) is 5.11 Å². The molecule has 0 aliphatic heterocycles. The van der Waals surface area contributed by atoms with Gasteiger partial charge in [-0.25, -0.2) is 0 Å². The fourth-order valence-electron chi connectivity index (χ4n) is 2.06. The maximum absolute atomic E-state index is 11.1. The minimum absolute atomic E-state index is 0.116. The van der Waals surface area contributed by atoms with Gasteiger partial charge in [-0.15, -0.1) is 0 Å². The predicted octanol–water partition coefficient (Wildman–Crippen LogP) is 4.48. The largest absolute Gasteiger partial charge is 0.481 e. The summed E-state index contributed by atoms with van der Waals surface area (Å²) in [6.07, 6.45) is 8.18. The van der Waals surface area contributed by atoms with E-state index in [1.54, 1.807) is 0 Å². The number of hydrogen-bond acceptors (Lipinski definition) is 1. The molecule has 0 spiro atoms. The van der Waals surface area contributed by atoms with Crippen molar-refractivity contribution < 1.29 is 9.90 Å². The highest BCUT2D eigenvalue weighted by Gasteiger charge is 2.30. The Labute approximate surface area is 100 Å². The van der Waals surface area contributed by atoms with Crippen molar-refractivity contribution in [2.75, 3.05) is 0 Å². The number of hydrogen-bond donors (Lipinski definition) is 1. The van der Waals surface area contributed by atoms with Crippen LogP contribution in [0, 0.1) is 11.3 Å². The highest BCUT2D eigenvalue weighted by molar-refractivity contribution is 5.70. The molecule has 0 aromatic heterocycles. The van der Waals surface area contributed by atoms with E-state index in [1.165, 1.54) is 32.1 Å². The average Bonchev–Trinajstić information content (AvgIpc) is 2.13. The molecule has 96 valence electrons. The van der Waals surface area contributed by atoms with Crippen LogP contribution in [0.1, 0.15) is 72.6 Å². The van der Waals surface area contributed by atoms with Crippen LogP contribution in [0.4, 0.5) is 0 Å². The minimum Gasteiger partial charge on any atom is -0.481 e. The summed E-state index contributed by atoms with van der Waals surface area (Å²) in [6, 6.07) is 0. The minimum atomic E-state index is -0.638. The Hall–Kier alpha value is -0.530. The third-order valence-corrected chi connectivity index (χ3v) is 3.19. The molecule has 0 saturated carbocycles. The number of aliphatic carboxylic acids is 1. The molecule has 0 fully saturated rings. The first-order valence-corrected chi connectivity index (χ1v) is 6.62. The molecular formula is C14H28O2. The first-order chi connectivity index (χ1) is 7.39. The van der Waals surface area contributed by atoms with Gasteiger partial charge in [0.2, 0.25) is 0 Å². The molecule has 1 N–H and O–H groups in total. The Balaban J connectivity index is 3.75. The van der Waals surface area contributed by atoms with Crippen LogP contribution in [-0.4, -0.2) is 11.1 Å². The lowest BCUT2D eigenvalue weighted by molar-refractivity contribution is -0.145. The van der Waals surface area contributed by atoms with Gasteiger partial charge in [0, 0.05) is 0 Å². The van der Waals surface area contributed by atoms with Gasteiger partial charge in [-0.05, 0) is 11.8 Å². The number of carboxylic acids is 1. The summed E-state index contributed by atoms with van der Waals surface area (Å²) in [6.45, 7) is 8.26. The number of carboxylic acid groups (broad SMARTS) is 1. The zero-order chi connectivity index (χ0) is 12.6. The van der Waals surface area contributed by atoms with Gasteiger partial charge < -0.3 is 5.11 Å². The van der Waals surface area contributed by atoms with Crippen LogP contribution in [0.5, 0.6) is 0 Å². The molecule has 0 amide bonds. The molecule has 2 nitrogen and oxygen atoms in total. The SMILES string of the molecule is CCCCCCCCC(C(=O)O)C(C)(C)C. The number of rotatable bonds is 8. The van der Waals surface area contributed by atoms with E-state index in [1.807, 2.05) is 20.8 Å². The van der Waals surface area contributed by atoms with Crippen molar-refractivity contribution in [3.8, 4) is 0 Å². The quantitative estimate of drug-likeness (QED) is 0.622.